The molecule has 0 aliphatic rings. The van der Waals surface area contributed by atoms with Gasteiger partial charge in [0.2, 0.25) is 10.0 Å². The number of nitrogens with one attached hydrogen (secondary N) is 2. The van der Waals surface area contributed by atoms with Crippen molar-refractivity contribution in [1.82, 2.24) is 5.32 Å². The first-order chi connectivity index (χ1) is 11.4. The molecule has 0 unspecified atom stereocenters. The number of sulfonamides is 1. The van der Waals surface area contributed by atoms with Crippen molar-refractivity contribution in [3.63, 3.8) is 0 Å². The number of para-hydroxylation sites is 2. The number of anilines is 2. The third kappa shape index (κ3) is 4.99. The zero-order chi connectivity index (χ0) is 17.6. The van der Waals surface area contributed by atoms with Gasteiger partial charge in [-0.15, -0.1) is 0 Å². The fraction of sp³-hybridized carbons (Fsp3) is 0.235. The van der Waals surface area contributed by atoms with Gasteiger partial charge in [0.05, 0.1) is 18.5 Å². The molecular weight excluding hydrogens is 326 g/mol. The topological polar surface area (TPSA) is 78.5 Å². The summed E-state index contributed by atoms with van der Waals surface area (Å²) in [5.74, 6) is 0. The Hall–Kier alpha value is -2.54. The zero-order valence-electron chi connectivity index (χ0n) is 13.7. The van der Waals surface area contributed by atoms with Crippen LogP contribution in [-0.2, 0) is 10.0 Å². The number of rotatable bonds is 6. The summed E-state index contributed by atoms with van der Waals surface area (Å²) in [4.78, 5) is 11.9. The summed E-state index contributed by atoms with van der Waals surface area (Å²) in [6, 6.07) is 15.9. The number of carbonyl (C=O) groups is 1. The molecule has 2 N–H and O–H groups in total. The van der Waals surface area contributed by atoms with Gasteiger partial charge >= 0.3 is 6.03 Å². The molecule has 2 aromatic carbocycles. The smallest absolute Gasteiger partial charge is 0.319 e. The highest BCUT2D eigenvalue weighted by Gasteiger charge is 2.18. The molecule has 128 valence electrons. The van der Waals surface area contributed by atoms with E-state index in [1.54, 1.807) is 24.3 Å². The van der Waals surface area contributed by atoms with E-state index in [1.807, 2.05) is 37.3 Å². The first-order valence-corrected chi connectivity index (χ1v) is 9.36. The van der Waals surface area contributed by atoms with Crippen LogP contribution in [0.3, 0.4) is 0 Å². The van der Waals surface area contributed by atoms with Gasteiger partial charge in [-0.2, -0.15) is 0 Å². The lowest BCUT2D eigenvalue weighted by atomic mass is 10.2. The molecule has 0 bridgehead atoms. The van der Waals surface area contributed by atoms with Crippen molar-refractivity contribution in [3.05, 3.63) is 60.2 Å². The Morgan fingerprint density at radius 3 is 2.29 bits per heavy atom. The quantitative estimate of drug-likeness (QED) is 0.843. The normalized spacial score (nSPS) is 10.9. The molecule has 6 nitrogen and oxygen atoms in total. The van der Waals surface area contributed by atoms with Crippen molar-refractivity contribution < 1.29 is 13.2 Å². The summed E-state index contributed by atoms with van der Waals surface area (Å²) in [5.41, 5.74) is 2.15. The predicted octanol–water partition coefficient (Wildman–Crippen LogP) is 2.58. The minimum Gasteiger partial charge on any atom is -0.336 e. The number of carbonyl (C=O) groups excluding carboxylic acids is 1. The molecule has 2 aromatic rings. The van der Waals surface area contributed by atoms with E-state index in [4.69, 9.17) is 0 Å². The van der Waals surface area contributed by atoms with Crippen LogP contribution in [-0.4, -0.2) is 33.8 Å². The predicted molar refractivity (Wildman–Crippen MR) is 96.8 cm³/mol. The standard InChI is InChI=1S/C17H21N3O3S/c1-14-8-6-7-11-16(14)20(24(2,22)23)13-12-18-17(21)19-15-9-4-3-5-10-15/h3-11H,12-13H2,1-2H3,(H2,18,19,21). The minimum absolute atomic E-state index is 0.159. The first-order valence-electron chi connectivity index (χ1n) is 7.51. The van der Waals surface area contributed by atoms with Gasteiger partial charge in [0.25, 0.3) is 0 Å². The number of urea groups is 1. The fourth-order valence-corrected chi connectivity index (χ4v) is 3.26. The number of amides is 2. The van der Waals surface area contributed by atoms with Gasteiger partial charge in [0.1, 0.15) is 0 Å². The molecule has 0 saturated carbocycles. The molecule has 0 aliphatic carbocycles. The van der Waals surface area contributed by atoms with E-state index in [0.717, 1.165) is 11.8 Å². The van der Waals surface area contributed by atoms with Gasteiger partial charge in [-0.1, -0.05) is 36.4 Å². The van der Waals surface area contributed by atoms with E-state index in [9.17, 15) is 13.2 Å². The zero-order valence-corrected chi connectivity index (χ0v) is 14.5. The average Bonchev–Trinajstić information content (AvgIpc) is 2.52. The number of aryl methyl sites for hydroxylation is 1. The first kappa shape index (κ1) is 17.8. The number of benzene rings is 2. The molecule has 0 heterocycles. The van der Waals surface area contributed by atoms with E-state index < -0.39 is 10.0 Å². The molecule has 0 spiro atoms. The highest BCUT2D eigenvalue weighted by Crippen LogP contribution is 2.21. The van der Waals surface area contributed by atoms with Gasteiger partial charge in [-0.25, -0.2) is 13.2 Å². The van der Waals surface area contributed by atoms with Crippen LogP contribution < -0.4 is 14.9 Å². The Morgan fingerprint density at radius 2 is 1.67 bits per heavy atom. The molecule has 2 amide bonds. The summed E-state index contributed by atoms with van der Waals surface area (Å²) in [5, 5.41) is 5.35. The largest absolute Gasteiger partial charge is 0.336 e. The van der Waals surface area contributed by atoms with Crippen LogP contribution in [0, 0.1) is 6.92 Å². The maximum atomic E-state index is 12.0. The van der Waals surface area contributed by atoms with E-state index >= 15 is 0 Å². The Kier molecular flexibility index (Phi) is 5.81. The van der Waals surface area contributed by atoms with Gasteiger partial charge in [0.15, 0.2) is 0 Å². The molecule has 0 radical (unpaired) electrons. The SMILES string of the molecule is Cc1ccccc1N(CCNC(=O)Nc1ccccc1)S(C)(=O)=O. The van der Waals surface area contributed by atoms with Crippen molar-refractivity contribution in [2.75, 3.05) is 29.0 Å². The van der Waals surface area contributed by atoms with E-state index in [2.05, 4.69) is 10.6 Å². The van der Waals surface area contributed by atoms with E-state index in [0.29, 0.717) is 11.4 Å². The van der Waals surface area contributed by atoms with Crippen LogP contribution in [0.1, 0.15) is 5.56 Å². The second-order valence-electron chi connectivity index (χ2n) is 5.37. The van der Waals surface area contributed by atoms with Crippen LogP contribution >= 0.6 is 0 Å². The van der Waals surface area contributed by atoms with Crippen molar-refractivity contribution in [1.29, 1.82) is 0 Å². The molecule has 2 rings (SSSR count). The third-order valence-corrected chi connectivity index (χ3v) is 4.60. The maximum absolute atomic E-state index is 12.0. The summed E-state index contributed by atoms with van der Waals surface area (Å²) in [7, 11) is -3.44. The summed E-state index contributed by atoms with van der Waals surface area (Å²) >= 11 is 0. The molecule has 0 atom stereocenters. The molecular formula is C17H21N3O3S. The molecule has 0 fully saturated rings. The summed E-state index contributed by atoms with van der Waals surface area (Å²) < 4.78 is 25.4. The van der Waals surface area contributed by atoms with Gasteiger partial charge in [-0.3, -0.25) is 4.31 Å². The molecule has 0 aromatic heterocycles. The Labute approximate surface area is 142 Å². The Morgan fingerprint density at radius 1 is 1.04 bits per heavy atom. The maximum Gasteiger partial charge on any atom is 0.319 e. The van der Waals surface area contributed by atoms with Crippen molar-refractivity contribution in [3.8, 4) is 0 Å². The fourth-order valence-electron chi connectivity index (χ4n) is 2.28. The van der Waals surface area contributed by atoms with Crippen LogP contribution in [0.25, 0.3) is 0 Å². The lowest BCUT2D eigenvalue weighted by Crippen LogP contribution is -2.39. The minimum atomic E-state index is -3.44. The Bertz CT molecular complexity index is 792. The van der Waals surface area contributed by atoms with Gasteiger partial charge in [-0.05, 0) is 30.7 Å². The number of hydrogen-bond acceptors (Lipinski definition) is 3. The molecule has 7 heteroatoms. The Balaban J connectivity index is 1.97. The molecule has 0 aliphatic heterocycles. The van der Waals surface area contributed by atoms with Crippen LogP contribution in [0.15, 0.2) is 54.6 Å². The van der Waals surface area contributed by atoms with Gasteiger partial charge < -0.3 is 10.6 Å². The van der Waals surface area contributed by atoms with Crippen molar-refractivity contribution >= 4 is 27.4 Å². The van der Waals surface area contributed by atoms with Crippen LogP contribution in [0.5, 0.6) is 0 Å². The van der Waals surface area contributed by atoms with Crippen molar-refractivity contribution in [2.45, 2.75) is 6.92 Å². The highest BCUT2D eigenvalue weighted by atomic mass is 32.2. The van der Waals surface area contributed by atoms with Crippen LogP contribution in [0.4, 0.5) is 16.2 Å². The summed E-state index contributed by atoms with van der Waals surface area (Å²) in [6.07, 6.45) is 1.16. The summed E-state index contributed by atoms with van der Waals surface area (Å²) in [6.45, 7) is 2.20. The van der Waals surface area contributed by atoms with E-state index in [1.165, 1.54) is 4.31 Å². The average molecular weight is 347 g/mol. The molecule has 0 saturated heterocycles. The number of nitrogens with zero attached hydrogens (tertiary/aromatic N) is 1. The third-order valence-electron chi connectivity index (χ3n) is 3.42. The van der Waals surface area contributed by atoms with E-state index in [-0.39, 0.29) is 19.1 Å². The number of hydrogen-bond donors (Lipinski definition) is 2. The second-order valence-corrected chi connectivity index (χ2v) is 7.28. The lowest BCUT2D eigenvalue weighted by Gasteiger charge is -2.24. The second kappa shape index (κ2) is 7.83. The molecule has 24 heavy (non-hydrogen) atoms. The monoisotopic (exact) mass is 347 g/mol. The van der Waals surface area contributed by atoms with Crippen LogP contribution in [0.2, 0.25) is 0 Å². The van der Waals surface area contributed by atoms with Crippen molar-refractivity contribution in [2.24, 2.45) is 0 Å². The highest BCUT2D eigenvalue weighted by molar-refractivity contribution is 7.92. The lowest BCUT2D eigenvalue weighted by molar-refractivity contribution is 0.252. The van der Waals surface area contributed by atoms with Gasteiger partial charge in [0, 0.05) is 12.2 Å².